The number of H-pyrrole nitrogens is 1. The van der Waals surface area contributed by atoms with Gasteiger partial charge in [0.1, 0.15) is 5.75 Å². The first-order valence-corrected chi connectivity index (χ1v) is 7.02. The molecule has 1 N–H and O–H groups in total. The van der Waals surface area contributed by atoms with Gasteiger partial charge in [-0.15, -0.1) is 0 Å². The summed E-state index contributed by atoms with van der Waals surface area (Å²) in [5.41, 5.74) is -0.0916. The molecular weight excluding hydrogens is 310 g/mol. The predicted octanol–water partition coefficient (Wildman–Crippen LogP) is 1.64. The number of ether oxygens (including phenoxy) is 2. The summed E-state index contributed by atoms with van der Waals surface area (Å²) in [6, 6.07) is 3.83. The van der Waals surface area contributed by atoms with E-state index < -0.39 is 17.9 Å². The third kappa shape index (κ3) is 3.31. The number of nitrogens with zero attached hydrogens (tertiary/aromatic N) is 1. The summed E-state index contributed by atoms with van der Waals surface area (Å²) in [5.74, 6) is -0.122. The van der Waals surface area contributed by atoms with Crippen LogP contribution in [0.5, 0.6) is 5.75 Å². The number of hydrogen-bond donors (Lipinski definition) is 1. The fourth-order valence-electron chi connectivity index (χ4n) is 2.48. The van der Waals surface area contributed by atoms with Gasteiger partial charge in [0.05, 0.1) is 30.7 Å². The van der Waals surface area contributed by atoms with E-state index >= 15 is 0 Å². The van der Waals surface area contributed by atoms with Crippen molar-refractivity contribution in [3.63, 3.8) is 0 Å². The van der Waals surface area contributed by atoms with Gasteiger partial charge in [0.15, 0.2) is 0 Å². The van der Waals surface area contributed by atoms with Crippen molar-refractivity contribution in [2.24, 2.45) is 0 Å². The monoisotopic (exact) mass is 324 g/mol. The maximum atomic E-state index is 12.4. The summed E-state index contributed by atoms with van der Waals surface area (Å²) in [5, 5.41) is 0.226. The topological polar surface area (TPSA) is 73.3 Å². The number of nitrogens with one attached hydrogen (secondary N) is 1. The van der Waals surface area contributed by atoms with Gasteiger partial charge in [0, 0.05) is 6.07 Å². The third-order valence-corrected chi connectivity index (χ3v) is 3.52. The van der Waals surface area contributed by atoms with Crippen LogP contribution >= 0.6 is 0 Å². The van der Waals surface area contributed by atoms with Crippen LogP contribution in [-0.2, 0) is 11.3 Å². The number of alkyl halides is 2. The Labute approximate surface area is 129 Å². The molecule has 0 radical (unpaired) electrons. The number of fused-ring (bicyclic) bond motifs is 1. The van der Waals surface area contributed by atoms with E-state index in [9.17, 15) is 18.4 Å². The van der Waals surface area contributed by atoms with Gasteiger partial charge in [-0.3, -0.25) is 9.36 Å². The average Bonchev–Trinajstić information content (AvgIpc) is 2.51. The van der Waals surface area contributed by atoms with E-state index in [1.54, 1.807) is 0 Å². The zero-order chi connectivity index (χ0) is 16.4. The standard InChI is InChI=1S/C15H14F2N2O4/c16-14(17)23-10-3-4-11-12(6-10)18-15(21)19(13(11)20)7-9-2-1-5-22-8-9/h2-4,6,14H,1,5,7-8H2,(H,18,21). The lowest BCUT2D eigenvalue weighted by Crippen LogP contribution is -2.36. The fraction of sp³-hybridized carbons (Fsp3) is 0.333. The number of aromatic nitrogens is 2. The summed E-state index contributed by atoms with van der Waals surface area (Å²) in [6.07, 6.45) is 2.68. The molecule has 3 rings (SSSR count). The van der Waals surface area contributed by atoms with Gasteiger partial charge in [-0.1, -0.05) is 6.08 Å². The largest absolute Gasteiger partial charge is 0.435 e. The van der Waals surface area contributed by atoms with Gasteiger partial charge in [-0.2, -0.15) is 8.78 Å². The first-order valence-electron chi connectivity index (χ1n) is 7.02. The predicted molar refractivity (Wildman–Crippen MR) is 79.0 cm³/mol. The van der Waals surface area contributed by atoms with E-state index in [2.05, 4.69) is 9.72 Å². The second-order valence-corrected chi connectivity index (χ2v) is 5.11. The Kier molecular flexibility index (Phi) is 4.24. The smallest absolute Gasteiger partial charge is 0.387 e. The molecule has 0 spiro atoms. The average molecular weight is 324 g/mol. The highest BCUT2D eigenvalue weighted by Crippen LogP contribution is 2.18. The van der Waals surface area contributed by atoms with Gasteiger partial charge in [0.25, 0.3) is 5.56 Å². The van der Waals surface area contributed by atoms with Crippen molar-refractivity contribution in [1.29, 1.82) is 0 Å². The fourth-order valence-corrected chi connectivity index (χ4v) is 2.48. The second kappa shape index (κ2) is 6.33. The Morgan fingerprint density at radius 3 is 2.87 bits per heavy atom. The highest BCUT2D eigenvalue weighted by Gasteiger charge is 2.13. The van der Waals surface area contributed by atoms with Gasteiger partial charge in [-0.05, 0) is 24.1 Å². The van der Waals surface area contributed by atoms with Crippen LogP contribution in [0, 0.1) is 0 Å². The van der Waals surface area contributed by atoms with Crippen molar-refractivity contribution in [3.05, 3.63) is 50.7 Å². The summed E-state index contributed by atoms with van der Waals surface area (Å²) in [6.45, 7) is -1.83. The molecule has 1 aromatic heterocycles. The Balaban J connectivity index is 2.02. The lowest BCUT2D eigenvalue weighted by molar-refractivity contribution is -0.0497. The lowest BCUT2D eigenvalue weighted by atomic mass is 10.2. The first kappa shape index (κ1) is 15.4. The molecule has 0 saturated carbocycles. The van der Waals surface area contributed by atoms with Gasteiger partial charge in [0.2, 0.25) is 0 Å². The van der Waals surface area contributed by atoms with Crippen LogP contribution in [0.1, 0.15) is 6.42 Å². The van der Waals surface area contributed by atoms with E-state index in [-0.39, 0.29) is 23.2 Å². The number of rotatable bonds is 4. The zero-order valence-electron chi connectivity index (χ0n) is 12.1. The minimum atomic E-state index is -2.97. The summed E-state index contributed by atoms with van der Waals surface area (Å²) in [4.78, 5) is 27.1. The van der Waals surface area contributed by atoms with Gasteiger partial charge >= 0.3 is 12.3 Å². The van der Waals surface area contributed by atoms with Crippen molar-refractivity contribution in [1.82, 2.24) is 9.55 Å². The van der Waals surface area contributed by atoms with Gasteiger partial charge < -0.3 is 14.5 Å². The number of halogens is 2. The summed E-state index contributed by atoms with van der Waals surface area (Å²) in [7, 11) is 0. The summed E-state index contributed by atoms with van der Waals surface area (Å²) >= 11 is 0. The van der Waals surface area contributed by atoms with Crippen LogP contribution < -0.4 is 16.0 Å². The highest BCUT2D eigenvalue weighted by atomic mass is 19.3. The van der Waals surface area contributed by atoms with Gasteiger partial charge in [-0.25, -0.2) is 4.79 Å². The van der Waals surface area contributed by atoms with Crippen LogP contribution in [0.25, 0.3) is 10.9 Å². The normalized spacial score (nSPS) is 15.0. The maximum absolute atomic E-state index is 12.4. The molecule has 23 heavy (non-hydrogen) atoms. The molecule has 1 aliphatic rings. The Morgan fingerprint density at radius 2 is 2.17 bits per heavy atom. The quantitative estimate of drug-likeness (QED) is 0.868. The molecule has 2 aromatic rings. The second-order valence-electron chi connectivity index (χ2n) is 5.11. The number of hydrogen-bond acceptors (Lipinski definition) is 4. The van der Waals surface area contributed by atoms with Crippen LogP contribution in [0.4, 0.5) is 8.78 Å². The molecule has 0 aliphatic carbocycles. The first-order chi connectivity index (χ1) is 11.0. The van der Waals surface area contributed by atoms with Crippen LogP contribution in [0.3, 0.4) is 0 Å². The molecule has 1 aromatic carbocycles. The van der Waals surface area contributed by atoms with Crippen molar-refractivity contribution in [3.8, 4) is 5.75 Å². The molecule has 8 heteroatoms. The lowest BCUT2D eigenvalue weighted by Gasteiger charge is -2.14. The maximum Gasteiger partial charge on any atom is 0.387 e. The minimum absolute atomic E-state index is 0.122. The van der Waals surface area contributed by atoms with Crippen molar-refractivity contribution in [2.75, 3.05) is 13.2 Å². The highest BCUT2D eigenvalue weighted by molar-refractivity contribution is 5.78. The molecule has 0 amide bonds. The summed E-state index contributed by atoms with van der Waals surface area (Å²) < 4.78 is 35.1. The molecule has 6 nitrogen and oxygen atoms in total. The van der Waals surface area contributed by atoms with E-state index in [0.717, 1.165) is 16.6 Å². The molecule has 0 unspecified atom stereocenters. The molecule has 0 saturated heterocycles. The zero-order valence-corrected chi connectivity index (χ0v) is 12.1. The molecule has 1 aliphatic heterocycles. The Bertz CT molecular complexity index is 870. The number of benzene rings is 1. The van der Waals surface area contributed by atoms with Crippen molar-refractivity contribution >= 4 is 10.9 Å². The van der Waals surface area contributed by atoms with E-state index in [0.29, 0.717) is 13.2 Å². The SMILES string of the molecule is O=c1[nH]c2cc(OC(F)F)ccc2c(=O)n1CC1=CCCOC1. The Hall–Kier alpha value is -2.48. The van der Waals surface area contributed by atoms with E-state index in [1.165, 1.54) is 18.2 Å². The Morgan fingerprint density at radius 1 is 1.35 bits per heavy atom. The number of aromatic amines is 1. The molecular formula is C15H14F2N2O4. The van der Waals surface area contributed by atoms with E-state index in [1.807, 2.05) is 6.08 Å². The molecule has 2 heterocycles. The van der Waals surface area contributed by atoms with E-state index in [4.69, 9.17) is 4.74 Å². The van der Waals surface area contributed by atoms with Crippen LogP contribution in [0.15, 0.2) is 39.4 Å². The molecule has 0 atom stereocenters. The van der Waals surface area contributed by atoms with Crippen molar-refractivity contribution in [2.45, 2.75) is 19.6 Å². The van der Waals surface area contributed by atoms with Crippen LogP contribution in [-0.4, -0.2) is 29.4 Å². The molecule has 122 valence electrons. The molecule has 0 fully saturated rings. The molecule has 0 bridgehead atoms. The van der Waals surface area contributed by atoms with Crippen LogP contribution in [0.2, 0.25) is 0 Å². The minimum Gasteiger partial charge on any atom is -0.435 e. The van der Waals surface area contributed by atoms with Crippen molar-refractivity contribution < 1.29 is 18.3 Å². The third-order valence-electron chi connectivity index (χ3n) is 3.52.